The van der Waals surface area contributed by atoms with E-state index in [9.17, 15) is 18.4 Å². The first-order valence-corrected chi connectivity index (χ1v) is 4.53. The van der Waals surface area contributed by atoms with Gasteiger partial charge in [-0.25, -0.2) is 13.6 Å². The van der Waals surface area contributed by atoms with Gasteiger partial charge in [-0.3, -0.25) is 4.79 Å². The fourth-order valence-corrected chi connectivity index (χ4v) is 1.31. The van der Waals surface area contributed by atoms with Crippen molar-refractivity contribution in [3.8, 4) is 0 Å². The van der Waals surface area contributed by atoms with Crippen LogP contribution >= 0.6 is 0 Å². The molecule has 4 N–H and O–H groups in total. The van der Waals surface area contributed by atoms with E-state index >= 15 is 0 Å². The van der Waals surface area contributed by atoms with Gasteiger partial charge in [-0.2, -0.15) is 0 Å². The molecule has 0 amide bonds. The molecule has 0 aromatic heterocycles. The lowest BCUT2D eigenvalue weighted by Crippen LogP contribution is -2.18. The lowest BCUT2D eigenvalue weighted by atomic mass is 10.0. The number of aromatic carboxylic acids is 1. The number of rotatable bonds is 4. The Bertz CT molecular complexity index is 476. The average molecular weight is 245 g/mol. The van der Waals surface area contributed by atoms with Crippen LogP contribution in [0.4, 0.5) is 8.78 Å². The topological polar surface area (TPSA) is 101 Å². The molecule has 17 heavy (non-hydrogen) atoms. The van der Waals surface area contributed by atoms with E-state index in [4.69, 9.17) is 15.9 Å². The summed E-state index contributed by atoms with van der Waals surface area (Å²) in [5.41, 5.74) is 4.17. The minimum absolute atomic E-state index is 0.366. The highest BCUT2D eigenvalue weighted by Crippen LogP contribution is 2.22. The van der Waals surface area contributed by atoms with E-state index < -0.39 is 41.6 Å². The molecule has 1 unspecified atom stereocenters. The summed E-state index contributed by atoms with van der Waals surface area (Å²) in [6.45, 7) is 0. The van der Waals surface area contributed by atoms with E-state index in [0.29, 0.717) is 0 Å². The number of carboxylic acids is 2. The van der Waals surface area contributed by atoms with Crippen LogP contribution in [0, 0.1) is 11.6 Å². The van der Waals surface area contributed by atoms with Crippen molar-refractivity contribution in [3.05, 3.63) is 34.9 Å². The second-order valence-corrected chi connectivity index (χ2v) is 3.34. The van der Waals surface area contributed by atoms with E-state index in [2.05, 4.69) is 0 Å². The molecule has 0 radical (unpaired) electrons. The Morgan fingerprint density at radius 3 is 2.29 bits per heavy atom. The molecule has 0 aliphatic heterocycles. The molecule has 1 aromatic rings. The maximum Gasteiger partial charge on any atom is 0.338 e. The van der Waals surface area contributed by atoms with E-state index in [1.807, 2.05) is 0 Å². The Kier molecular flexibility index (Phi) is 3.74. The normalized spacial score (nSPS) is 12.2. The van der Waals surface area contributed by atoms with Gasteiger partial charge in [0.05, 0.1) is 12.0 Å². The van der Waals surface area contributed by atoms with Gasteiger partial charge in [0.2, 0.25) is 0 Å². The third kappa shape index (κ3) is 2.76. The monoisotopic (exact) mass is 245 g/mol. The molecule has 0 aliphatic rings. The molecule has 92 valence electrons. The highest BCUT2D eigenvalue weighted by molar-refractivity contribution is 5.88. The maximum absolute atomic E-state index is 13.4. The number of carboxylic acid groups (broad SMARTS) is 2. The van der Waals surface area contributed by atoms with E-state index in [-0.39, 0.29) is 5.56 Å². The van der Waals surface area contributed by atoms with Crippen molar-refractivity contribution in [3.63, 3.8) is 0 Å². The van der Waals surface area contributed by atoms with Crippen LogP contribution in [0.2, 0.25) is 0 Å². The van der Waals surface area contributed by atoms with Gasteiger partial charge >= 0.3 is 11.9 Å². The molecule has 0 saturated heterocycles. The summed E-state index contributed by atoms with van der Waals surface area (Å²) in [6.07, 6.45) is -0.581. The zero-order valence-corrected chi connectivity index (χ0v) is 8.48. The predicted molar refractivity (Wildman–Crippen MR) is 52.5 cm³/mol. The van der Waals surface area contributed by atoms with Crippen molar-refractivity contribution in [2.24, 2.45) is 5.73 Å². The number of carbonyl (C=O) groups is 2. The zero-order valence-electron chi connectivity index (χ0n) is 8.48. The van der Waals surface area contributed by atoms with Gasteiger partial charge in [0, 0.05) is 11.6 Å². The molecular weight excluding hydrogens is 236 g/mol. The van der Waals surface area contributed by atoms with Gasteiger partial charge in [-0.1, -0.05) is 6.07 Å². The van der Waals surface area contributed by atoms with Crippen molar-refractivity contribution in [1.82, 2.24) is 0 Å². The second kappa shape index (κ2) is 4.88. The summed E-state index contributed by atoms with van der Waals surface area (Å²) >= 11 is 0. The number of halogens is 2. The zero-order chi connectivity index (χ0) is 13.2. The van der Waals surface area contributed by atoms with E-state index in [0.717, 1.165) is 12.1 Å². The summed E-state index contributed by atoms with van der Waals surface area (Å²) in [6, 6.07) is 0.581. The molecule has 0 aliphatic carbocycles. The predicted octanol–water partition coefficient (Wildman–Crippen LogP) is 1.14. The summed E-state index contributed by atoms with van der Waals surface area (Å²) in [7, 11) is 0. The Hall–Kier alpha value is -2.02. The number of aliphatic carboxylic acids is 1. The van der Waals surface area contributed by atoms with Crippen LogP contribution in [0.15, 0.2) is 12.1 Å². The van der Waals surface area contributed by atoms with Crippen LogP contribution in [0.1, 0.15) is 28.4 Å². The highest BCUT2D eigenvalue weighted by atomic mass is 19.2. The molecule has 0 fully saturated rings. The molecule has 5 nitrogen and oxygen atoms in total. The van der Waals surface area contributed by atoms with Crippen molar-refractivity contribution >= 4 is 11.9 Å². The molecule has 0 heterocycles. The molecular formula is C10H9F2NO4. The van der Waals surface area contributed by atoms with Crippen LogP contribution in [0.25, 0.3) is 0 Å². The van der Waals surface area contributed by atoms with Crippen molar-refractivity contribution in [1.29, 1.82) is 0 Å². The van der Waals surface area contributed by atoms with Crippen LogP contribution in [-0.2, 0) is 4.79 Å². The SMILES string of the molecule is NC(CC(=O)O)c1ccc(C(=O)O)c(F)c1F. The quantitative estimate of drug-likeness (QED) is 0.738. The van der Waals surface area contributed by atoms with Gasteiger partial charge in [-0.05, 0) is 6.07 Å². The van der Waals surface area contributed by atoms with Crippen LogP contribution in [0.5, 0.6) is 0 Å². The highest BCUT2D eigenvalue weighted by Gasteiger charge is 2.22. The lowest BCUT2D eigenvalue weighted by molar-refractivity contribution is -0.137. The van der Waals surface area contributed by atoms with Crippen molar-refractivity contribution in [2.75, 3.05) is 0 Å². The Morgan fingerprint density at radius 2 is 1.82 bits per heavy atom. The molecule has 1 aromatic carbocycles. The number of benzene rings is 1. The van der Waals surface area contributed by atoms with Gasteiger partial charge in [0.25, 0.3) is 0 Å². The second-order valence-electron chi connectivity index (χ2n) is 3.34. The average Bonchev–Trinajstić information content (AvgIpc) is 2.20. The van der Waals surface area contributed by atoms with Crippen LogP contribution < -0.4 is 5.73 Å². The fraction of sp³-hybridized carbons (Fsp3) is 0.200. The van der Waals surface area contributed by atoms with Crippen molar-refractivity contribution in [2.45, 2.75) is 12.5 Å². The molecule has 7 heteroatoms. The minimum Gasteiger partial charge on any atom is -0.481 e. The first-order valence-electron chi connectivity index (χ1n) is 4.53. The maximum atomic E-state index is 13.4. The lowest BCUT2D eigenvalue weighted by Gasteiger charge is -2.11. The van der Waals surface area contributed by atoms with Gasteiger partial charge in [0.1, 0.15) is 0 Å². The fourth-order valence-electron chi connectivity index (χ4n) is 1.31. The Morgan fingerprint density at radius 1 is 1.24 bits per heavy atom. The van der Waals surface area contributed by atoms with Gasteiger partial charge in [0.15, 0.2) is 11.6 Å². The molecule has 0 saturated carbocycles. The van der Waals surface area contributed by atoms with E-state index in [1.54, 1.807) is 0 Å². The largest absolute Gasteiger partial charge is 0.481 e. The van der Waals surface area contributed by atoms with Crippen LogP contribution in [0.3, 0.4) is 0 Å². The van der Waals surface area contributed by atoms with Crippen LogP contribution in [-0.4, -0.2) is 22.2 Å². The van der Waals surface area contributed by atoms with Crippen molar-refractivity contribution < 1.29 is 28.6 Å². The first kappa shape index (κ1) is 13.0. The van der Waals surface area contributed by atoms with E-state index in [1.165, 1.54) is 0 Å². The standard InChI is InChI=1S/C10H9F2NO4/c11-8-4(6(13)3-7(14)15)1-2-5(9(8)12)10(16)17/h1-2,6H,3,13H2,(H,14,15)(H,16,17). The molecule has 1 rings (SSSR count). The Labute approximate surface area is 94.5 Å². The molecule has 0 spiro atoms. The minimum atomic E-state index is -1.61. The third-order valence-electron chi connectivity index (χ3n) is 2.14. The number of hydrogen-bond acceptors (Lipinski definition) is 3. The smallest absolute Gasteiger partial charge is 0.338 e. The Balaban J connectivity index is 3.16. The summed E-state index contributed by atoms with van der Waals surface area (Å²) in [5, 5.41) is 17.0. The third-order valence-corrected chi connectivity index (χ3v) is 2.14. The molecule has 0 bridgehead atoms. The number of nitrogens with two attached hydrogens (primary N) is 1. The first-order chi connectivity index (χ1) is 7.84. The summed E-state index contributed by atoms with van der Waals surface area (Å²) in [5.74, 6) is -5.85. The van der Waals surface area contributed by atoms with Gasteiger partial charge < -0.3 is 15.9 Å². The summed E-state index contributed by atoms with van der Waals surface area (Å²) < 4.78 is 26.7. The molecule has 1 atom stereocenters. The number of hydrogen-bond donors (Lipinski definition) is 3. The summed E-state index contributed by atoms with van der Waals surface area (Å²) in [4.78, 5) is 20.9. The van der Waals surface area contributed by atoms with Gasteiger partial charge in [-0.15, -0.1) is 0 Å².